The molecule has 1 aromatic heterocycles. The van der Waals surface area contributed by atoms with Crippen LogP contribution >= 0.6 is 0 Å². The molecule has 0 amide bonds. The molecule has 0 N–H and O–H groups in total. The molecule has 2 nitrogen and oxygen atoms in total. The molecular formula is C11H18N2. The number of nitrogens with zero attached hydrogens (tertiary/aromatic N) is 2. The highest BCUT2D eigenvalue weighted by molar-refractivity contribution is 5.11. The molecule has 0 spiro atoms. The van der Waals surface area contributed by atoms with E-state index in [2.05, 4.69) is 16.9 Å². The summed E-state index contributed by atoms with van der Waals surface area (Å²) in [6.45, 7) is 6.25. The van der Waals surface area contributed by atoms with Crippen LogP contribution in [0.3, 0.4) is 0 Å². The zero-order valence-electron chi connectivity index (χ0n) is 8.80. The molecule has 1 aromatic rings. The van der Waals surface area contributed by atoms with Crippen LogP contribution in [0.5, 0.6) is 0 Å². The van der Waals surface area contributed by atoms with Crippen molar-refractivity contribution >= 4 is 0 Å². The van der Waals surface area contributed by atoms with Gasteiger partial charge in [-0.15, -0.1) is 0 Å². The van der Waals surface area contributed by atoms with Crippen LogP contribution < -0.4 is 0 Å². The third kappa shape index (κ3) is 3.13. The Morgan fingerprint density at radius 1 is 1.23 bits per heavy atom. The Morgan fingerprint density at radius 2 is 2.00 bits per heavy atom. The van der Waals surface area contributed by atoms with E-state index in [-0.39, 0.29) is 0 Å². The Bertz CT molecular complexity index is 269. The van der Waals surface area contributed by atoms with Gasteiger partial charge in [0.2, 0.25) is 0 Å². The second kappa shape index (κ2) is 4.95. The van der Waals surface area contributed by atoms with Crippen molar-refractivity contribution in [3.63, 3.8) is 0 Å². The van der Waals surface area contributed by atoms with Gasteiger partial charge in [-0.3, -0.25) is 9.97 Å². The van der Waals surface area contributed by atoms with Gasteiger partial charge in [-0.1, -0.05) is 19.8 Å². The van der Waals surface area contributed by atoms with Gasteiger partial charge in [-0.25, -0.2) is 0 Å². The highest BCUT2D eigenvalue weighted by Gasteiger charge is 2.00. The molecule has 0 aliphatic rings. The van der Waals surface area contributed by atoms with Crippen LogP contribution in [0.15, 0.2) is 6.20 Å². The third-order valence-corrected chi connectivity index (χ3v) is 2.19. The van der Waals surface area contributed by atoms with Gasteiger partial charge < -0.3 is 0 Å². The molecule has 1 heterocycles. The van der Waals surface area contributed by atoms with E-state index in [9.17, 15) is 0 Å². The van der Waals surface area contributed by atoms with Gasteiger partial charge in [0.15, 0.2) is 0 Å². The molecule has 0 saturated heterocycles. The second-order valence-corrected chi connectivity index (χ2v) is 3.50. The average molecular weight is 178 g/mol. The van der Waals surface area contributed by atoms with Crippen LogP contribution in [0.25, 0.3) is 0 Å². The number of aryl methyl sites for hydroxylation is 3. The largest absolute Gasteiger partial charge is 0.258 e. The minimum absolute atomic E-state index is 1.03. The Hall–Kier alpha value is -0.920. The Labute approximate surface area is 80.4 Å². The molecule has 0 atom stereocenters. The first-order chi connectivity index (χ1) is 6.24. The summed E-state index contributed by atoms with van der Waals surface area (Å²) in [6, 6.07) is 0. The molecular weight excluding hydrogens is 160 g/mol. The Kier molecular flexibility index (Phi) is 3.87. The molecule has 0 aliphatic heterocycles. The predicted molar refractivity (Wildman–Crippen MR) is 54.7 cm³/mol. The van der Waals surface area contributed by atoms with Gasteiger partial charge in [0, 0.05) is 6.20 Å². The average Bonchev–Trinajstić information content (AvgIpc) is 2.11. The zero-order chi connectivity index (χ0) is 9.68. The van der Waals surface area contributed by atoms with Gasteiger partial charge >= 0.3 is 0 Å². The maximum Gasteiger partial charge on any atom is 0.0619 e. The minimum Gasteiger partial charge on any atom is -0.258 e. The third-order valence-electron chi connectivity index (χ3n) is 2.19. The van der Waals surface area contributed by atoms with Crippen LogP contribution in [0.1, 0.15) is 43.3 Å². The highest BCUT2D eigenvalue weighted by atomic mass is 14.8. The van der Waals surface area contributed by atoms with Crippen molar-refractivity contribution in [3.8, 4) is 0 Å². The maximum atomic E-state index is 4.48. The summed E-state index contributed by atoms with van der Waals surface area (Å²) < 4.78 is 0. The number of hydrogen-bond donors (Lipinski definition) is 0. The van der Waals surface area contributed by atoms with Crippen LogP contribution in [-0.4, -0.2) is 9.97 Å². The quantitative estimate of drug-likeness (QED) is 0.662. The SMILES string of the molecule is CCCCCc1nc(C)cnc1C. The highest BCUT2D eigenvalue weighted by Crippen LogP contribution is 2.07. The molecule has 0 radical (unpaired) electrons. The topological polar surface area (TPSA) is 25.8 Å². The zero-order valence-corrected chi connectivity index (χ0v) is 8.80. The summed E-state index contributed by atoms with van der Waals surface area (Å²) in [4.78, 5) is 8.78. The molecule has 1 rings (SSSR count). The summed E-state index contributed by atoms with van der Waals surface area (Å²) in [5.74, 6) is 0. The van der Waals surface area contributed by atoms with E-state index < -0.39 is 0 Å². The summed E-state index contributed by atoms with van der Waals surface area (Å²) >= 11 is 0. The van der Waals surface area contributed by atoms with E-state index in [1.54, 1.807) is 0 Å². The molecule has 0 aromatic carbocycles. The molecule has 72 valence electrons. The normalized spacial score (nSPS) is 10.4. The van der Waals surface area contributed by atoms with E-state index in [4.69, 9.17) is 0 Å². The van der Waals surface area contributed by atoms with E-state index in [1.165, 1.54) is 25.0 Å². The number of unbranched alkanes of at least 4 members (excludes halogenated alkanes) is 2. The van der Waals surface area contributed by atoms with Crippen molar-refractivity contribution < 1.29 is 0 Å². The monoisotopic (exact) mass is 178 g/mol. The number of hydrogen-bond acceptors (Lipinski definition) is 2. The van der Waals surface area contributed by atoms with Gasteiger partial charge in [-0.05, 0) is 26.7 Å². The van der Waals surface area contributed by atoms with Crippen LogP contribution in [0.4, 0.5) is 0 Å². The number of aromatic nitrogens is 2. The predicted octanol–water partition coefficient (Wildman–Crippen LogP) is 2.83. The van der Waals surface area contributed by atoms with Crippen LogP contribution in [-0.2, 0) is 6.42 Å². The van der Waals surface area contributed by atoms with Gasteiger partial charge in [0.05, 0.1) is 17.1 Å². The maximum absolute atomic E-state index is 4.48. The molecule has 0 bridgehead atoms. The lowest BCUT2D eigenvalue weighted by molar-refractivity contribution is 0.699. The fraction of sp³-hybridized carbons (Fsp3) is 0.636. The van der Waals surface area contributed by atoms with E-state index in [0.29, 0.717) is 0 Å². The lowest BCUT2D eigenvalue weighted by atomic mass is 10.1. The minimum atomic E-state index is 1.03. The Morgan fingerprint density at radius 3 is 2.69 bits per heavy atom. The summed E-state index contributed by atoms with van der Waals surface area (Å²) in [6.07, 6.45) is 6.69. The van der Waals surface area contributed by atoms with Crippen molar-refractivity contribution in [2.75, 3.05) is 0 Å². The smallest absolute Gasteiger partial charge is 0.0619 e. The van der Waals surface area contributed by atoms with E-state index >= 15 is 0 Å². The van der Waals surface area contributed by atoms with E-state index in [0.717, 1.165) is 17.8 Å². The molecule has 0 fully saturated rings. The summed E-state index contributed by atoms with van der Waals surface area (Å²) in [5, 5.41) is 0. The van der Waals surface area contributed by atoms with Crippen molar-refractivity contribution in [1.82, 2.24) is 9.97 Å². The fourth-order valence-electron chi connectivity index (χ4n) is 1.37. The molecule has 0 aliphatic carbocycles. The second-order valence-electron chi connectivity index (χ2n) is 3.50. The number of rotatable bonds is 4. The molecule has 13 heavy (non-hydrogen) atoms. The van der Waals surface area contributed by atoms with Gasteiger partial charge in [0.1, 0.15) is 0 Å². The first-order valence-electron chi connectivity index (χ1n) is 5.03. The van der Waals surface area contributed by atoms with Crippen molar-refractivity contribution in [2.45, 2.75) is 46.5 Å². The van der Waals surface area contributed by atoms with Crippen molar-refractivity contribution in [2.24, 2.45) is 0 Å². The first-order valence-corrected chi connectivity index (χ1v) is 5.03. The van der Waals surface area contributed by atoms with Crippen molar-refractivity contribution in [3.05, 3.63) is 23.3 Å². The molecule has 2 heteroatoms. The molecule has 0 unspecified atom stereocenters. The van der Waals surface area contributed by atoms with Gasteiger partial charge in [-0.2, -0.15) is 0 Å². The summed E-state index contributed by atoms with van der Waals surface area (Å²) in [7, 11) is 0. The van der Waals surface area contributed by atoms with Crippen LogP contribution in [0, 0.1) is 13.8 Å². The fourth-order valence-corrected chi connectivity index (χ4v) is 1.37. The first kappa shape index (κ1) is 10.2. The Balaban J connectivity index is 2.59. The van der Waals surface area contributed by atoms with Crippen LogP contribution in [0.2, 0.25) is 0 Å². The van der Waals surface area contributed by atoms with E-state index in [1.807, 2.05) is 20.0 Å². The lowest BCUT2D eigenvalue weighted by Crippen LogP contribution is -1.99. The lowest BCUT2D eigenvalue weighted by Gasteiger charge is -2.04. The van der Waals surface area contributed by atoms with Gasteiger partial charge in [0.25, 0.3) is 0 Å². The standard InChI is InChI=1S/C11H18N2/c1-4-5-6-7-11-10(3)12-8-9(2)13-11/h8H,4-7H2,1-3H3. The van der Waals surface area contributed by atoms with Crippen molar-refractivity contribution in [1.29, 1.82) is 0 Å². The molecule has 0 saturated carbocycles. The summed E-state index contributed by atoms with van der Waals surface area (Å²) in [5.41, 5.74) is 3.28.